The molecule has 2 rings (SSSR count). The molecule has 0 bridgehead atoms. The van der Waals surface area contributed by atoms with Gasteiger partial charge in [0.25, 0.3) is 0 Å². The van der Waals surface area contributed by atoms with Crippen LogP contribution >= 0.6 is 7.60 Å². The topological polar surface area (TPSA) is 118 Å². The number of benzene rings is 2. The van der Waals surface area contributed by atoms with E-state index in [2.05, 4.69) is 0 Å². The SMILES string of the molecule is O=P(O)(O)c1ccc(O)cc1C(CO)c1cccc(O)c1. The van der Waals surface area contributed by atoms with E-state index in [1.165, 1.54) is 24.3 Å². The van der Waals surface area contributed by atoms with Crippen molar-refractivity contribution in [2.24, 2.45) is 0 Å². The zero-order valence-corrected chi connectivity index (χ0v) is 11.8. The van der Waals surface area contributed by atoms with Crippen LogP contribution in [0.15, 0.2) is 42.5 Å². The van der Waals surface area contributed by atoms with Crippen molar-refractivity contribution >= 4 is 12.9 Å². The van der Waals surface area contributed by atoms with Crippen molar-refractivity contribution in [3.8, 4) is 11.5 Å². The van der Waals surface area contributed by atoms with Crippen LogP contribution < -0.4 is 5.30 Å². The third-order valence-corrected chi connectivity index (χ3v) is 4.19. The van der Waals surface area contributed by atoms with Gasteiger partial charge < -0.3 is 25.1 Å². The Morgan fingerprint density at radius 2 is 1.67 bits per heavy atom. The molecule has 0 spiro atoms. The average Bonchev–Trinajstić information content (AvgIpc) is 2.38. The Morgan fingerprint density at radius 3 is 2.24 bits per heavy atom. The first-order chi connectivity index (χ1) is 9.82. The van der Waals surface area contributed by atoms with Crippen LogP contribution in [-0.2, 0) is 4.57 Å². The van der Waals surface area contributed by atoms with Crippen LogP contribution in [0.2, 0.25) is 0 Å². The van der Waals surface area contributed by atoms with E-state index >= 15 is 0 Å². The lowest BCUT2D eigenvalue weighted by Gasteiger charge is -2.20. The van der Waals surface area contributed by atoms with Gasteiger partial charge in [0, 0.05) is 5.92 Å². The van der Waals surface area contributed by atoms with E-state index in [1.54, 1.807) is 12.1 Å². The number of hydrogen-bond donors (Lipinski definition) is 5. The average molecular weight is 310 g/mol. The molecule has 0 aliphatic heterocycles. The Hall–Kier alpha value is -1.85. The van der Waals surface area contributed by atoms with E-state index in [4.69, 9.17) is 0 Å². The van der Waals surface area contributed by atoms with Crippen LogP contribution in [0.1, 0.15) is 17.0 Å². The molecule has 0 aliphatic rings. The van der Waals surface area contributed by atoms with Crippen LogP contribution in [0.5, 0.6) is 11.5 Å². The van der Waals surface area contributed by atoms with Gasteiger partial charge >= 0.3 is 7.60 Å². The maximum Gasteiger partial charge on any atom is 0.356 e. The Balaban J connectivity index is 2.62. The zero-order chi connectivity index (χ0) is 15.6. The summed E-state index contributed by atoms with van der Waals surface area (Å²) in [5.74, 6) is -0.962. The molecule has 21 heavy (non-hydrogen) atoms. The summed E-state index contributed by atoms with van der Waals surface area (Å²) in [4.78, 5) is 18.8. The molecule has 0 fully saturated rings. The van der Waals surface area contributed by atoms with Crippen molar-refractivity contribution < 1.29 is 29.7 Å². The number of phenolic OH excluding ortho intramolecular Hbond substituents is 2. The first-order valence-corrected chi connectivity index (χ1v) is 7.73. The fourth-order valence-corrected chi connectivity index (χ4v) is 3.04. The molecule has 2 aromatic carbocycles. The molecule has 0 radical (unpaired) electrons. The van der Waals surface area contributed by atoms with Crippen LogP contribution in [-0.4, -0.2) is 31.7 Å². The van der Waals surface area contributed by atoms with Crippen molar-refractivity contribution in [2.75, 3.05) is 6.61 Å². The smallest absolute Gasteiger partial charge is 0.356 e. The molecule has 1 unspecified atom stereocenters. The minimum absolute atomic E-state index is 0.0242. The standard InChI is InChI=1S/C14H15O6P/c15-8-13(9-2-1-3-10(16)6-9)12-7-11(17)4-5-14(12)21(18,19)20/h1-7,13,15-17H,8H2,(H2,18,19,20). The maximum atomic E-state index is 11.6. The van der Waals surface area contributed by atoms with Gasteiger partial charge in [-0.1, -0.05) is 12.1 Å². The van der Waals surface area contributed by atoms with E-state index in [9.17, 15) is 29.7 Å². The number of aliphatic hydroxyl groups excluding tert-OH is 1. The van der Waals surface area contributed by atoms with Gasteiger partial charge in [0.15, 0.2) is 0 Å². The molecule has 0 amide bonds. The first kappa shape index (κ1) is 15.5. The van der Waals surface area contributed by atoms with E-state index in [-0.39, 0.29) is 22.4 Å². The minimum Gasteiger partial charge on any atom is -0.508 e. The molecule has 112 valence electrons. The fourth-order valence-electron chi connectivity index (χ4n) is 2.21. The predicted molar refractivity (Wildman–Crippen MR) is 76.8 cm³/mol. The second-order valence-electron chi connectivity index (χ2n) is 4.62. The van der Waals surface area contributed by atoms with Crippen molar-refractivity contribution in [3.05, 3.63) is 53.6 Å². The molecule has 0 aromatic heterocycles. The molecule has 7 heteroatoms. The van der Waals surface area contributed by atoms with Crippen molar-refractivity contribution in [1.29, 1.82) is 0 Å². The number of phenols is 2. The Bertz CT molecular complexity index is 694. The van der Waals surface area contributed by atoms with E-state index in [0.29, 0.717) is 5.56 Å². The van der Waals surface area contributed by atoms with E-state index in [1.807, 2.05) is 0 Å². The van der Waals surface area contributed by atoms with Crippen molar-refractivity contribution in [1.82, 2.24) is 0 Å². The molecule has 6 nitrogen and oxygen atoms in total. The van der Waals surface area contributed by atoms with Gasteiger partial charge in [-0.25, -0.2) is 0 Å². The highest BCUT2D eigenvalue weighted by Crippen LogP contribution is 2.39. The van der Waals surface area contributed by atoms with Crippen LogP contribution in [0.4, 0.5) is 0 Å². The lowest BCUT2D eigenvalue weighted by Crippen LogP contribution is -2.18. The summed E-state index contributed by atoms with van der Waals surface area (Å²) in [5, 5.41) is 28.4. The Morgan fingerprint density at radius 1 is 1.00 bits per heavy atom. The third kappa shape index (κ3) is 3.43. The maximum absolute atomic E-state index is 11.6. The number of aliphatic hydroxyl groups is 1. The molecule has 0 saturated heterocycles. The highest BCUT2D eigenvalue weighted by atomic mass is 31.2. The highest BCUT2D eigenvalue weighted by Gasteiger charge is 2.27. The summed E-state index contributed by atoms with van der Waals surface area (Å²) in [6.45, 7) is -0.431. The van der Waals surface area contributed by atoms with Gasteiger partial charge in [-0.15, -0.1) is 0 Å². The molecule has 0 aliphatic carbocycles. The molecule has 1 atom stereocenters. The van der Waals surface area contributed by atoms with Gasteiger partial charge in [0.05, 0.1) is 11.9 Å². The second kappa shape index (κ2) is 5.87. The van der Waals surface area contributed by atoms with Gasteiger partial charge in [-0.3, -0.25) is 4.57 Å². The van der Waals surface area contributed by atoms with Gasteiger partial charge in [0.1, 0.15) is 11.5 Å². The van der Waals surface area contributed by atoms with Crippen LogP contribution in [0.3, 0.4) is 0 Å². The van der Waals surface area contributed by atoms with Crippen molar-refractivity contribution in [3.63, 3.8) is 0 Å². The summed E-state index contributed by atoms with van der Waals surface area (Å²) in [7, 11) is -4.56. The van der Waals surface area contributed by atoms with Gasteiger partial charge in [0.2, 0.25) is 0 Å². The molecule has 0 saturated carbocycles. The van der Waals surface area contributed by atoms with E-state index in [0.717, 1.165) is 6.07 Å². The number of rotatable bonds is 4. The monoisotopic (exact) mass is 310 g/mol. The second-order valence-corrected chi connectivity index (χ2v) is 6.19. The lowest BCUT2D eigenvalue weighted by molar-refractivity contribution is 0.280. The normalized spacial score (nSPS) is 13.1. The third-order valence-electron chi connectivity index (χ3n) is 3.16. The molecule has 2 aromatic rings. The largest absolute Gasteiger partial charge is 0.508 e. The summed E-state index contributed by atoms with van der Waals surface area (Å²) < 4.78 is 11.6. The molecule has 5 N–H and O–H groups in total. The fraction of sp³-hybridized carbons (Fsp3) is 0.143. The summed E-state index contributed by atoms with van der Waals surface area (Å²) in [5.41, 5.74) is 0.606. The summed E-state index contributed by atoms with van der Waals surface area (Å²) in [6, 6.07) is 9.55. The molecular formula is C14H15O6P. The zero-order valence-electron chi connectivity index (χ0n) is 10.9. The summed E-state index contributed by atoms with van der Waals surface area (Å²) in [6.07, 6.45) is 0. The highest BCUT2D eigenvalue weighted by molar-refractivity contribution is 7.60. The van der Waals surface area contributed by atoms with Crippen LogP contribution in [0, 0.1) is 0 Å². The molecule has 0 heterocycles. The predicted octanol–water partition coefficient (Wildman–Crippen LogP) is 1.02. The number of aromatic hydroxyl groups is 2. The lowest BCUT2D eigenvalue weighted by atomic mass is 9.91. The Kier molecular flexibility index (Phi) is 4.34. The first-order valence-electron chi connectivity index (χ1n) is 6.11. The summed E-state index contributed by atoms with van der Waals surface area (Å²) >= 11 is 0. The molecular weight excluding hydrogens is 295 g/mol. The number of hydrogen-bond acceptors (Lipinski definition) is 4. The van der Waals surface area contributed by atoms with Gasteiger partial charge in [-0.2, -0.15) is 0 Å². The van der Waals surface area contributed by atoms with Crippen molar-refractivity contribution in [2.45, 2.75) is 5.92 Å². The quantitative estimate of drug-likeness (QED) is 0.538. The Labute approximate surface area is 121 Å². The minimum atomic E-state index is -4.56. The van der Waals surface area contributed by atoms with Gasteiger partial charge in [-0.05, 0) is 41.5 Å². The van der Waals surface area contributed by atoms with E-state index < -0.39 is 20.1 Å². The van der Waals surface area contributed by atoms with Crippen LogP contribution in [0.25, 0.3) is 0 Å².